The number of Topliss-reactive ketones (excluding diaryl/α,β-unsaturated/α-hetero) is 1. The zero-order valence-corrected chi connectivity index (χ0v) is 11.4. The molecule has 1 heterocycles. The fourth-order valence-corrected chi connectivity index (χ4v) is 2.48. The molecule has 1 aliphatic heterocycles. The summed E-state index contributed by atoms with van der Waals surface area (Å²) in [4.78, 5) is 16.7. The summed E-state index contributed by atoms with van der Waals surface area (Å²) >= 11 is 0. The maximum atomic E-state index is 12.0. The Hall–Kier alpha value is -1.35. The number of piperazine rings is 1. The second-order valence-corrected chi connectivity index (χ2v) is 4.72. The highest BCUT2D eigenvalue weighted by Gasteiger charge is 2.19. The Morgan fingerprint density at radius 1 is 1.11 bits per heavy atom. The first-order valence-electron chi connectivity index (χ1n) is 6.85. The molecule has 0 aliphatic carbocycles. The highest BCUT2D eigenvalue weighted by molar-refractivity contribution is 6.01. The molecule has 3 nitrogen and oxygen atoms in total. The third-order valence-electron chi connectivity index (χ3n) is 3.69. The van der Waals surface area contributed by atoms with E-state index >= 15 is 0 Å². The van der Waals surface area contributed by atoms with E-state index in [1.165, 1.54) is 0 Å². The molecule has 1 saturated heterocycles. The first-order valence-corrected chi connectivity index (χ1v) is 6.85. The van der Waals surface area contributed by atoms with E-state index in [0.717, 1.165) is 44.0 Å². The van der Waals surface area contributed by atoms with Crippen molar-refractivity contribution >= 4 is 11.5 Å². The number of carbonyl (C=O) groups is 1. The molecule has 18 heavy (non-hydrogen) atoms. The molecule has 0 aromatic heterocycles. The molecule has 0 amide bonds. The number of anilines is 1. The molecule has 0 spiro atoms. The molecule has 0 bridgehead atoms. The lowest BCUT2D eigenvalue weighted by molar-refractivity contribution is 0.0988. The van der Waals surface area contributed by atoms with Gasteiger partial charge in [-0.3, -0.25) is 4.79 Å². The van der Waals surface area contributed by atoms with Gasteiger partial charge in [0, 0.05) is 43.9 Å². The Labute approximate surface area is 109 Å². The van der Waals surface area contributed by atoms with Crippen LogP contribution in [0.25, 0.3) is 0 Å². The minimum absolute atomic E-state index is 0.239. The molecular weight excluding hydrogens is 224 g/mol. The van der Waals surface area contributed by atoms with Gasteiger partial charge in [0.1, 0.15) is 0 Å². The van der Waals surface area contributed by atoms with Crippen LogP contribution in [-0.4, -0.2) is 43.4 Å². The van der Waals surface area contributed by atoms with Crippen LogP contribution in [0, 0.1) is 0 Å². The SMILES string of the molecule is CCC(=O)c1ccccc1N1CCN(CC)CC1. The van der Waals surface area contributed by atoms with Crippen molar-refractivity contribution in [2.24, 2.45) is 0 Å². The molecular formula is C15H22N2O. The number of hydrogen-bond acceptors (Lipinski definition) is 3. The molecule has 1 fully saturated rings. The smallest absolute Gasteiger partial charge is 0.164 e. The van der Waals surface area contributed by atoms with Crippen LogP contribution in [0.1, 0.15) is 30.6 Å². The summed E-state index contributed by atoms with van der Waals surface area (Å²) in [5, 5.41) is 0. The largest absolute Gasteiger partial charge is 0.368 e. The molecule has 0 saturated carbocycles. The van der Waals surface area contributed by atoms with Gasteiger partial charge in [0.2, 0.25) is 0 Å². The van der Waals surface area contributed by atoms with Gasteiger partial charge in [-0.2, -0.15) is 0 Å². The van der Waals surface area contributed by atoms with Crippen molar-refractivity contribution < 1.29 is 4.79 Å². The van der Waals surface area contributed by atoms with Crippen LogP contribution in [-0.2, 0) is 0 Å². The normalized spacial score (nSPS) is 16.9. The van der Waals surface area contributed by atoms with Crippen LogP contribution < -0.4 is 4.90 Å². The zero-order valence-electron chi connectivity index (χ0n) is 11.4. The number of nitrogens with zero attached hydrogens (tertiary/aromatic N) is 2. The van der Waals surface area contributed by atoms with Gasteiger partial charge in [0.05, 0.1) is 0 Å². The molecule has 1 aromatic rings. The quantitative estimate of drug-likeness (QED) is 0.762. The molecule has 0 atom stereocenters. The number of carbonyl (C=O) groups excluding carboxylic acids is 1. The molecule has 98 valence electrons. The minimum atomic E-state index is 0.239. The van der Waals surface area contributed by atoms with Crippen molar-refractivity contribution in [2.45, 2.75) is 20.3 Å². The van der Waals surface area contributed by atoms with Crippen molar-refractivity contribution in [3.8, 4) is 0 Å². The topological polar surface area (TPSA) is 23.6 Å². The summed E-state index contributed by atoms with van der Waals surface area (Å²) in [6.45, 7) is 9.45. The summed E-state index contributed by atoms with van der Waals surface area (Å²) in [6, 6.07) is 8.00. The van der Waals surface area contributed by atoms with E-state index in [9.17, 15) is 4.79 Å². The van der Waals surface area contributed by atoms with Crippen LogP contribution in [0.15, 0.2) is 24.3 Å². The molecule has 3 heteroatoms. The Kier molecular flexibility index (Phi) is 4.37. The number of hydrogen-bond donors (Lipinski definition) is 0. The number of likely N-dealkylation sites (N-methyl/N-ethyl adjacent to an activating group) is 1. The van der Waals surface area contributed by atoms with Crippen LogP contribution in [0.3, 0.4) is 0 Å². The van der Waals surface area contributed by atoms with Crippen LogP contribution in [0.5, 0.6) is 0 Å². The fourth-order valence-electron chi connectivity index (χ4n) is 2.48. The number of ketones is 1. The van der Waals surface area contributed by atoms with E-state index in [1.807, 2.05) is 25.1 Å². The predicted molar refractivity (Wildman–Crippen MR) is 75.4 cm³/mol. The van der Waals surface area contributed by atoms with Crippen molar-refractivity contribution in [3.05, 3.63) is 29.8 Å². The molecule has 2 rings (SSSR count). The molecule has 0 unspecified atom stereocenters. The van der Waals surface area contributed by atoms with E-state index in [4.69, 9.17) is 0 Å². The summed E-state index contributed by atoms with van der Waals surface area (Å²) < 4.78 is 0. The van der Waals surface area contributed by atoms with Crippen LogP contribution >= 0.6 is 0 Å². The average molecular weight is 246 g/mol. The third-order valence-corrected chi connectivity index (χ3v) is 3.69. The van der Waals surface area contributed by atoms with Gasteiger partial charge in [-0.05, 0) is 18.7 Å². The third kappa shape index (κ3) is 2.72. The van der Waals surface area contributed by atoms with E-state index < -0.39 is 0 Å². The van der Waals surface area contributed by atoms with Gasteiger partial charge in [-0.1, -0.05) is 26.0 Å². The van der Waals surface area contributed by atoms with Gasteiger partial charge < -0.3 is 9.80 Å². The summed E-state index contributed by atoms with van der Waals surface area (Å²) in [7, 11) is 0. The van der Waals surface area contributed by atoms with Gasteiger partial charge in [-0.15, -0.1) is 0 Å². The maximum Gasteiger partial charge on any atom is 0.164 e. The molecule has 1 aromatic carbocycles. The highest BCUT2D eigenvalue weighted by atomic mass is 16.1. The van der Waals surface area contributed by atoms with Gasteiger partial charge >= 0.3 is 0 Å². The van der Waals surface area contributed by atoms with E-state index in [0.29, 0.717) is 6.42 Å². The Morgan fingerprint density at radius 3 is 2.39 bits per heavy atom. The standard InChI is InChI=1S/C15H22N2O/c1-3-15(18)13-7-5-6-8-14(13)17-11-9-16(4-2)10-12-17/h5-8H,3-4,9-12H2,1-2H3. The summed E-state index contributed by atoms with van der Waals surface area (Å²) in [6.07, 6.45) is 0.575. The Morgan fingerprint density at radius 2 is 1.78 bits per heavy atom. The molecule has 0 N–H and O–H groups in total. The van der Waals surface area contributed by atoms with Crippen LogP contribution in [0.4, 0.5) is 5.69 Å². The average Bonchev–Trinajstić information content (AvgIpc) is 2.46. The monoisotopic (exact) mass is 246 g/mol. The fraction of sp³-hybridized carbons (Fsp3) is 0.533. The highest BCUT2D eigenvalue weighted by Crippen LogP contribution is 2.23. The first kappa shape index (κ1) is 13.1. The minimum Gasteiger partial charge on any atom is -0.368 e. The van der Waals surface area contributed by atoms with Crippen molar-refractivity contribution in [1.29, 1.82) is 0 Å². The second-order valence-electron chi connectivity index (χ2n) is 4.72. The van der Waals surface area contributed by atoms with E-state index in [-0.39, 0.29) is 5.78 Å². The Bertz CT molecular complexity index is 409. The maximum absolute atomic E-state index is 12.0. The molecule has 0 radical (unpaired) electrons. The predicted octanol–water partition coefficient (Wildman–Crippen LogP) is 2.42. The number of para-hydroxylation sites is 1. The summed E-state index contributed by atoms with van der Waals surface area (Å²) in [5.41, 5.74) is 1.99. The lowest BCUT2D eigenvalue weighted by Crippen LogP contribution is -2.46. The lowest BCUT2D eigenvalue weighted by atomic mass is 10.1. The van der Waals surface area contributed by atoms with Gasteiger partial charge in [0.25, 0.3) is 0 Å². The van der Waals surface area contributed by atoms with Crippen molar-refractivity contribution in [1.82, 2.24) is 4.90 Å². The van der Waals surface area contributed by atoms with E-state index in [2.05, 4.69) is 22.8 Å². The van der Waals surface area contributed by atoms with Gasteiger partial charge in [0.15, 0.2) is 5.78 Å². The molecule has 1 aliphatic rings. The lowest BCUT2D eigenvalue weighted by Gasteiger charge is -2.36. The van der Waals surface area contributed by atoms with Gasteiger partial charge in [-0.25, -0.2) is 0 Å². The number of rotatable bonds is 4. The second kappa shape index (κ2) is 6.01. The van der Waals surface area contributed by atoms with Crippen molar-refractivity contribution in [2.75, 3.05) is 37.6 Å². The van der Waals surface area contributed by atoms with Crippen LogP contribution in [0.2, 0.25) is 0 Å². The zero-order chi connectivity index (χ0) is 13.0. The van der Waals surface area contributed by atoms with E-state index in [1.54, 1.807) is 0 Å². The Balaban J connectivity index is 2.16. The van der Waals surface area contributed by atoms with Crippen molar-refractivity contribution in [3.63, 3.8) is 0 Å². The number of benzene rings is 1. The first-order chi connectivity index (χ1) is 8.76. The summed E-state index contributed by atoms with van der Waals surface area (Å²) in [5.74, 6) is 0.239.